The van der Waals surface area contributed by atoms with Crippen LogP contribution in [0.3, 0.4) is 0 Å². The van der Waals surface area contributed by atoms with Gasteiger partial charge in [0.15, 0.2) is 5.58 Å². The van der Waals surface area contributed by atoms with E-state index >= 15 is 0 Å². The second-order valence-corrected chi connectivity index (χ2v) is 11.2. The van der Waals surface area contributed by atoms with Crippen molar-refractivity contribution in [3.63, 3.8) is 0 Å². The summed E-state index contributed by atoms with van der Waals surface area (Å²) in [4.78, 5) is 14.1. The number of nitrogens with one attached hydrogen (secondary N) is 2. The monoisotopic (exact) mass is 635 g/mol. The van der Waals surface area contributed by atoms with Gasteiger partial charge in [-0.25, -0.2) is 14.6 Å². The van der Waals surface area contributed by atoms with Gasteiger partial charge in [0, 0.05) is 36.4 Å². The van der Waals surface area contributed by atoms with Crippen LogP contribution in [0, 0.1) is 19.8 Å². The second-order valence-electron chi connectivity index (χ2n) is 11.2. The van der Waals surface area contributed by atoms with Crippen molar-refractivity contribution >= 4 is 35.1 Å². The van der Waals surface area contributed by atoms with Gasteiger partial charge < -0.3 is 35.1 Å². The number of aryl methyl sites for hydroxylation is 2. The maximum Gasteiger partial charge on any atom is 0.225 e. The number of nitrogens with zero attached hydrogens (tertiary/aromatic N) is 5. The van der Waals surface area contributed by atoms with Crippen LogP contribution in [0.5, 0.6) is 5.88 Å². The zero-order valence-electron chi connectivity index (χ0n) is 25.5. The maximum absolute atomic E-state index is 10.8. The van der Waals surface area contributed by atoms with Crippen molar-refractivity contribution in [3.05, 3.63) is 71.8 Å². The summed E-state index contributed by atoms with van der Waals surface area (Å²) in [6.45, 7) is 7.93. The molecule has 1 aromatic carbocycles. The van der Waals surface area contributed by atoms with Crippen LogP contribution in [0.4, 0.5) is 11.8 Å². The number of hydrogen-bond donors (Lipinski definition) is 5. The number of benzene rings is 1. The summed E-state index contributed by atoms with van der Waals surface area (Å²) < 4.78 is 13.7. The van der Waals surface area contributed by atoms with E-state index in [1.807, 2.05) is 76.4 Å². The topological polar surface area (TPSA) is 164 Å². The van der Waals surface area contributed by atoms with Crippen molar-refractivity contribution in [3.8, 4) is 22.9 Å². The lowest BCUT2D eigenvalue weighted by molar-refractivity contribution is 0.00446. The highest BCUT2D eigenvalue weighted by Crippen LogP contribution is 2.38. The van der Waals surface area contributed by atoms with Gasteiger partial charge in [-0.1, -0.05) is 12.1 Å². The molecule has 238 valence electrons. The maximum atomic E-state index is 10.8. The number of furan rings is 1. The molecule has 45 heavy (non-hydrogen) atoms. The van der Waals surface area contributed by atoms with Crippen LogP contribution < -0.4 is 15.4 Å². The fourth-order valence-electron chi connectivity index (χ4n) is 5.80. The van der Waals surface area contributed by atoms with Crippen LogP contribution in [0.15, 0.2) is 59.3 Å². The highest BCUT2D eigenvalue weighted by molar-refractivity contribution is 5.88. The summed E-state index contributed by atoms with van der Waals surface area (Å²) in [6, 6.07) is 13.0. The molecule has 1 saturated carbocycles. The molecule has 5 atom stereocenters. The quantitative estimate of drug-likeness (QED) is 0.146. The predicted octanol–water partition coefficient (Wildman–Crippen LogP) is 4.60. The van der Waals surface area contributed by atoms with E-state index in [2.05, 4.69) is 20.7 Å². The fourth-order valence-corrected chi connectivity index (χ4v) is 5.80. The molecule has 6 rings (SSSR count). The number of hydrogen-bond acceptors (Lipinski definition) is 11. The molecule has 0 saturated heterocycles. The molecule has 4 heterocycles. The number of fused-ring (bicyclic) bond motifs is 1. The number of anilines is 2. The largest absolute Gasteiger partial charge is 0.478 e. The number of halogens is 1. The van der Waals surface area contributed by atoms with Gasteiger partial charge in [0.25, 0.3) is 0 Å². The van der Waals surface area contributed by atoms with Crippen molar-refractivity contribution in [2.45, 2.75) is 58.4 Å². The van der Waals surface area contributed by atoms with Crippen molar-refractivity contribution < 1.29 is 24.5 Å². The number of rotatable bonds is 10. The van der Waals surface area contributed by atoms with Crippen LogP contribution in [0.2, 0.25) is 0 Å². The first-order valence-electron chi connectivity index (χ1n) is 14.8. The fraction of sp³-hybridized carbons (Fsp3) is 0.375. The van der Waals surface area contributed by atoms with Gasteiger partial charge in [-0.3, -0.25) is 0 Å². The van der Waals surface area contributed by atoms with Gasteiger partial charge in [0.2, 0.25) is 11.8 Å². The van der Waals surface area contributed by atoms with E-state index < -0.39 is 24.2 Å². The normalized spacial score (nSPS) is 20.2. The number of aliphatic hydroxyl groups is 3. The van der Waals surface area contributed by atoms with Crippen LogP contribution >= 0.6 is 12.4 Å². The second kappa shape index (κ2) is 13.4. The van der Waals surface area contributed by atoms with Crippen LogP contribution in [0.1, 0.15) is 43.3 Å². The summed E-state index contributed by atoms with van der Waals surface area (Å²) in [5.74, 6) is 1.41. The molecule has 1 aliphatic rings. The smallest absolute Gasteiger partial charge is 0.225 e. The average molecular weight is 636 g/mol. The Bertz CT molecular complexity index is 1750. The van der Waals surface area contributed by atoms with E-state index in [0.29, 0.717) is 59.0 Å². The number of aliphatic hydroxyl groups excluding tert-OH is 3. The summed E-state index contributed by atoms with van der Waals surface area (Å²) in [5, 5.41) is 42.9. The molecule has 1 aliphatic carbocycles. The van der Waals surface area contributed by atoms with Gasteiger partial charge in [0.1, 0.15) is 17.7 Å². The summed E-state index contributed by atoms with van der Waals surface area (Å²) in [6.07, 6.45) is 1.86. The lowest BCUT2D eigenvalue weighted by Crippen LogP contribution is -2.35. The average Bonchev–Trinajstić information content (AvgIpc) is 3.75. The molecule has 0 unspecified atom stereocenters. The first-order valence-corrected chi connectivity index (χ1v) is 14.8. The Labute approximate surface area is 266 Å². The van der Waals surface area contributed by atoms with Crippen molar-refractivity contribution in [1.82, 2.24) is 24.7 Å². The number of ether oxygens (including phenoxy) is 1. The molecular weight excluding hydrogens is 598 g/mol. The van der Waals surface area contributed by atoms with Crippen molar-refractivity contribution in [2.24, 2.45) is 5.92 Å². The summed E-state index contributed by atoms with van der Waals surface area (Å²) in [5.41, 5.74) is 4.57. The van der Waals surface area contributed by atoms with E-state index in [1.54, 1.807) is 10.9 Å². The summed E-state index contributed by atoms with van der Waals surface area (Å²) in [7, 11) is 0. The Hall–Kier alpha value is -4.23. The molecule has 1 fully saturated rings. The molecule has 5 N–H and O–H groups in total. The first kappa shape index (κ1) is 32.2. The number of aromatic nitrogens is 5. The standard InChI is InChI=1S/C32H37N7O5.ClH/c1-5-43-26-15-21-14-25(44-30(21)19(4)34-26)27-18(3)36-32(38-31(27)37-24-13-22(16-40)28(41)29(24)42)35-17(2)20-7-9-23(10-8-20)39-12-6-11-33-39;/h6-12,14-15,17,22,24,28-29,40-42H,5,13,16H2,1-4H3,(H2,35,36,37,38);1H/t17-,22-,24-,28-,29+;/m1./s1. The molecule has 0 aliphatic heterocycles. The van der Waals surface area contributed by atoms with E-state index in [-0.39, 0.29) is 25.1 Å². The van der Waals surface area contributed by atoms with Crippen molar-refractivity contribution in [2.75, 3.05) is 23.8 Å². The first-order chi connectivity index (χ1) is 21.2. The van der Waals surface area contributed by atoms with Gasteiger partial charge >= 0.3 is 0 Å². The third kappa shape index (κ3) is 6.45. The third-order valence-corrected chi connectivity index (χ3v) is 8.14. The lowest BCUT2D eigenvalue weighted by Gasteiger charge is -2.22. The SMILES string of the molecule is CCOc1cc2cc(-c3c(C)nc(N[C@H](C)c4ccc(-n5cccn5)cc4)nc3N[C@@H]3C[C@H](CO)[C@@H](O)[C@H]3O)oc2c(C)n1.Cl. The van der Waals surface area contributed by atoms with Gasteiger partial charge in [-0.15, -0.1) is 12.4 Å². The minimum atomic E-state index is -1.09. The van der Waals surface area contributed by atoms with Crippen molar-refractivity contribution in [1.29, 1.82) is 0 Å². The Balaban J connectivity index is 0.00000400. The Morgan fingerprint density at radius 3 is 2.51 bits per heavy atom. The van der Waals surface area contributed by atoms with Gasteiger partial charge in [-0.05, 0) is 63.9 Å². The zero-order valence-corrected chi connectivity index (χ0v) is 26.3. The van der Waals surface area contributed by atoms with Gasteiger partial charge in [-0.2, -0.15) is 10.1 Å². The Morgan fingerprint density at radius 1 is 1.07 bits per heavy atom. The Kier molecular flexibility index (Phi) is 9.59. The zero-order chi connectivity index (χ0) is 31.0. The van der Waals surface area contributed by atoms with E-state index in [4.69, 9.17) is 19.1 Å². The van der Waals surface area contributed by atoms with E-state index in [1.165, 1.54) is 0 Å². The summed E-state index contributed by atoms with van der Waals surface area (Å²) >= 11 is 0. The molecule has 0 bridgehead atoms. The van der Waals surface area contributed by atoms with E-state index in [9.17, 15) is 15.3 Å². The molecule has 4 aromatic heterocycles. The molecular formula is C32H38ClN7O5. The lowest BCUT2D eigenvalue weighted by atomic mass is 10.1. The molecule has 12 nitrogen and oxygen atoms in total. The molecule has 13 heteroatoms. The number of pyridine rings is 1. The highest BCUT2D eigenvalue weighted by Gasteiger charge is 2.41. The van der Waals surface area contributed by atoms with Crippen LogP contribution in [-0.2, 0) is 0 Å². The predicted molar refractivity (Wildman–Crippen MR) is 173 cm³/mol. The molecule has 5 aromatic rings. The molecule has 0 spiro atoms. The van der Waals surface area contributed by atoms with E-state index in [0.717, 1.165) is 16.6 Å². The molecule has 0 radical (unpaired) electrons. The Morgan fingerprint density at radius 2 is 1.84 bits per heavy atom. The minimum Gasteiger partial charge on any atom is -0.478 e. The minimum absolute atomic E-state index is 0. The molecule has 0 amide bonds. The highest BCUT2D eigenvalue weighted by atomic mass is 35.5. The van der Waals surface area contributed by atoms with Crippen LogP contribution in [-0.4, -0.2) is 71.5 Å². The van der Waals surface area contributed by atoms with Crippen LogP contribution in [0.25, 0.3) is 28.0 Å². The third-order valence-electron chi connectivity index (χ3n) is 8.14. The van der Waals surface area contributed by atoms with Gasteiger partial charge in [0.05, 0.1) is 47.4 Å².